The van der Waals surface area contributed by atoms with Crippen LogP contribution in [0.3, 0.4) is 0 Å². The molecule has 6 heteroatoms. The third-order valence-corrected chi connectivity index (χ3v) is 4.48. The number of methoxy groups -OCH3 is 1. The first-order chi connectivity index (χ1) is 14.6. The van der Waals surface area contributed by atoms with Crippen LogP contribution in [0.2, 0.25) is 0 Å². The van der Waals surface area contributed by atoms with Gasteiger partial charge >= 0.3 is 0 Å². The van der Waals surface area contributed by atoms with Gasteiger partial charge in [-0.15, -0.1) is 0 Å². The molecule has 2 N–H and O–H groups in total. The van der Waals surface area contributed by atoms with E-state index in [-0.39, 0.29) is 11.8 Å². The zero-order valence-corrected chi connectivity index (χ0v) is 16.8. The minimum atomic E-state index is -0.751. The molecule has 0 unspecified atom stereocenters. The van der Waals surface area contributed by atoms with Crippen LogP contribution in [0.4, 0.5) is 5.69 Å². The fourth-order valence-corrected chi connectivity index (χ4v) is 2.90. The smallest absolute Gasteiger partial charge is 0.273 e. The number of carbonyl (C=O) groups excluding carboxylic acids is 2. The van der Waals surface area contributed by atoms with Gasteiger partial charge in [0.05, 0.1) is 5.71 Å². The Hall–Kier alpha value is -3.77. The van der Waals surface area contributed by atoms with E-state index in [1.165, 1.54) is 7.11 Å². The molecular weight excluding hydrogens is 378 g/mol. The van der Waals surface area contributed by atoms with Crippen molar-refractivity contribution in [1.82, 2.24) is 5.43 Å². The number of nitrogens with one attached hydrogen (secondary N) is 2. The average molecular weight is 401 g/mol. The third kappa shape index (κ3) is 5.40. The maximum absolute atomic E-state index is 12.5. The standard InChI is InChI=1S/C24H23N3O3/c1-17(26-27-24(29)22(30-2)18-10-5-3-6-11-18)20-14-9-15-21(16-20)25-23(28)19-12-7-4-8-13-19/h3-16,22H,1-2H3,(H,25,28)(H,27,29)/b26-17-/t22-/m1/s1. The summed E-state index contributed by atoms with van der Waals surface area (Å²) in [6, 6.07) is 25.5. The largest absolute Gasteiger partial charge is 0.367 e. The van der Waals surface area contributed by atoms with Crippen molar-refractivity contribution in [3.8, 4) is 0 Å². The maximum atomic E-state index is 12.5. The summed E-state index contributed by atoms with van der Waals surface area (Å²) in [4.78, 5) is 24.8. The zero-order chi connectivity index (χ0) is 21.3. The molecule has 30 heavy (non-hydrogen) atoms. The number of anilines is 1. The molecule has 0 saturated heterocycles. The number of benzene rings is 3. The highest BCUT2D eigenvalue weighted by atomic mass is 16.5. The van der Waals surface area contributed by atoms with E-state index in [0.717, 1.165) is 11.1 Å². The summed E-state index contributed by atoms with van der Waals surface area (Å²) in [7, 11) is 1.48. The van der Waals surface area contributed by atoms with Crippen LogP contribution in [-0.2, 0) is 9.53 Å². The van der Waals surface area contributed by atoms with Gasteiger partial charge < -0.3 is 10.1 Å². The van der Waals surface area contributed by atoms with E-state index >= 15 is 0 Å². The molecule has 0 heterocycles. The van der Waals surface area contributed by atoms with E-state index in [1.54, 1.807) is 31.2 Å². The number of ether oxygens (including phenoxy) is 1. The van der Waals surface area contributed by atoms with E-state index < -0.39 is 6.10 Å². The van der Waals surface area contributed by atoms with Crippen molar-refractivity contribution >= 4 is 23.2 Å². The quantitative estimate of drug-likeness (QED) is 0.461. The predicted molar refractivity (Wildman–Crippen MR) is 117 cm³/mol. The Morgan fingerprint density at radius 2 is 1.50 bits per heavy atom. The van der Waals surface area contributed by atoms with Gasteiger partial charge in [-0.25, -0.2) is 5.43 Å². The molecule has 0 spiro atoms. The molecule has 0 fully saturated rings. The van der Waals surface area contributed by atoms with Crippen LogP contribution in [0.15, 0.2) is 90.0 Å². The van der Waals surface area contributed by atoms with Gasteiger partial charge in [-0.05, 0) is 42.3 Å². The molecule has 3 rings (SSSR count). The first-order valence-electron chi connectivity index (χ1n) is 9.47. The van der Waals surface area contributed by atoms with E-state index in [2.05, 4.69) is 15.8 Å². The van der Waals surface area contributed by atoms with Gasteiger partial charge in [0.2, 0.25) is 0 Å². The van der Waals surface area contributed by atoms with Gasteiger partial charge in [0.25, 0.3) is 11.8 Å². The summed E-state index contributed by atoms with van der Waals surface area (Å²) in [6.45, 7) is 1.78. The molecule has 0 aliphatic carbocycles. The molecule has 0 aromatic heterocycles. The zero-order valence-electron chi connectivity index (χ0n) is 16.8. The summed E-state index contributed by atoms with van der Waals surface area (Å²) in [5.74, 6) is -0.557. The molecule has 0 aliphatic rings. The number of carbonyl (C=O) groups is 2. The van der Waals surface area contributed by atoms with Gasteiger partial charge in [0.1, 0.15) is 0 Å². The van der Waals surface area contributed by atoms with Crippen molar-refractivity contribution in [3.05, 3.63) is 102 Å². The molecule has 152 valence electrons. The predicted octanol–water partition coefficient (Wildman–Crippen LogP) is 4.17. The fourth-order valence-electron chi connectivity index (χ4n) is 2.90. The lowest BCUT2D eigenvalue weighted by atomic mass is 10.1. The molecule has 3 aromatic carbocycles. The minimum absolute atomic E-state index is 0.193. The topological polar surface area (TPSA) is 79.8 Å². The molecule has 0 saturated carbocycles. The van der Waals surface area contributed by atoms with Crippen molar-refractivity contribution in [2.45, 2.75) is 13.0 Å². The molecule has 0 radical (unpaired) electrons. The van der Waals surface area contributed by atoms with E-state index in [4.69, 9.17) is 4.74 Å². The number of amides is 2. The average Bonchev–Trinajstić information content (AvgIpc) is 2.79. The van der Waals surface area contributed by atoms with E-state index in [1.807, 2.05) is 60.7 Å². The van der Waals surface area contributed by atoms with Crippen LogP contribution in [0.5, 0.6) is 0 Å². The van der Waals surface area contributed by atoms with Crippen LogP contribution in [0.25, 0.3) is 0 Å². The van der Waals surface area contributed by atoms with E-state index in [9.17, 15) is 9.59 Å². The molecule has 3 aromatic rings. The Kier molecular flexibility index (Phi) is 7.08. The Morgan fingerprint density at radius 3 is 2.17 bits per heavy atom. The number of hydrogen-bond donors (Lipinski definition) is 2. The fraction of sp³-hybridized carbons (Fsp3) is 0.125. The highest BCUT2D eigenvalue weighted by molar-refractivity contribution is 6.05. The Bertz CT molecular complexity index is 1030. The molecule has 0 aliphatic heterocycles. The maximum Gasteiger partial charge on any atom is 0.273 e. The Balaban J connectivity index is 1.68. The second-order valence-corrected chi connectivity index (χ2v) is 6.60. The summed E-state index contributed by atoms with van der Waals surface area (Å²) in [5, 5.41) is 7.06. The normalized spacial score (nSPS) is 12.1. The Morgan fingerprint density at radius 1 is 0.867 bits per heavy atom. The van der Waals surface area contributed by atoms with Crippen molar-refractivity contribution in [2.75, 3.05) is 12.4 Å². The first-order valence-corrected chi connectivity index (χ1v) is 9.47. The summed E-state index contributed by atoms with van der Waals surface area (Å²) in [5.41, 5.74) is 5.89. The number of hydrogen-bond acceptors (Lipinski definition) is 4. The van der Waals surface area contributed by atoms with Crippen molar-refractivity contribution in [2.24, 2.45) is 5.10 Å². The summed E-state index contributed by atoms with van der Waals surface area (Å²) in [6.07, 6.45) is -0.751. The van der Waals surface area contributed by atoms with Gasteiger partial charge in [-0.2, -0.15) is 5.10 Å². The highest BCUT2D eigenvalue weighted by Crippen LogP contribution is 2.17. The second kappa shape index (κ2) is 10.1. The summed E-state index contributed by atoms with van der Waals surface area (Å²) < 4.78 is 5.31. The molecule has 6 nitrogen and oxygen atoms in total. The van der Waals surface area contributed by atoms with Gasteiger partial charge in [0, 0.05) is 18.4 Å². The van der Waals surface area contributed by atoms with E-state index in [0.29, 0.717) is 17.0 Å². The third-order valence-electron chi connectivity index (χ3n) is 4.48. The second-order valence-electron chi connectivity index (χ2n) is 6.60. The molecule has 1 atom stereocenters. The van der Waals surface area contributed by atoms with Gasteiger partial charge in [-0.1, -0.05) is 60.7 Å². The monoisotopic (exact) mass is 401 g/mol. The minimum Gasteiger partial charge on any atom is -0.367 e. The molecule has 2 amide bonds. The highest BCUT2D eigenvalue weighted by Gasteiger charge is 2.19. The number of rotatable bonds is 7. The lowest BCUT2D eigenvalue weighted by Gasteiger charge is -2.14. The number of nitrogens with zero attached hydrogens (tertiary/aromatic N) is 1. The van der Waals surface area contributed by atoms with Gasteiger partial charge in [0.15, 0.2) is 6.10 Å². The first kappa shape index (κ1) is 21.0. The lowest BCUT2D eigenvalue weighted by Crippen LogP contribution is -2.27. The van der Waals surface area contributed by atoms with Crippen LogP contribution in [0, 0.1) is 0 Å². The Labute approximate surface area is 175 Å². The SMILES string of the molecule is CO[C@@H](C(=O)N/N=C(/C)c1cccc(NC(=O)c2ccccc2)c1)c1ccccc1. The number of hydrazone groups is 1. The van der Waals surface area contributed by atoms with Crippen LogP contribution in [0.1, 0.15) is 34.5 Å². The van der Waals surface area contributed by atoms with Crippen molar-refractivity contribution in [1.29, 1.82) is 0 Å². The van der Waals surface area contributed by atoms with Crippen molar-refractivity contribution < 1.29 is 14.3 Å². The van der Waals surface area contributed by atoms with Crippen LogP contribution in [-0.4, -0.2) is 24.6 Å². The van der Waals surface area contributed by atoms with Gasteiger partial charge in [-0.3, -0.25) is 9.59 Å². The molecule has 0 bridgehead atoms. The van der Waals surface area contributed by atoms with Crippen LogP contribution >= 0.6 is 0 Å². The van der Waals surface area contributed by atoms with Crippen LogP contribution < -0.4 is 10.7 Å². The summed E-state index contributed by atoms with van der Waals surface area (Å²) >= 11 is 0. The van der Waals surface area contributed by atoms with Crippen molar-refractivity contribution in [3.63, 3.8) is 0 Å². The lowest BCUT2D eigenvalue weighted by molar-refractivity contribution is -0.131. The molecular formula is C24H23N3O3.